The third-order valence-corrected chi connectivity index (χ3v) is 3.98. The minimum Gasteiger partial charge on any atom is -0.352 e. The van der Waals surface area contributed by atoms with E-state index in [1.807, 2.05) is 12.1 Å². The molecule has 2 unspecified atom stereocenters. The first kappa shape index (κ1) is 12.8. The van der Waals surface area contributed by atoms with E-state index in [2.05, 4.69) is 16.8 Å². The van der Waals surface area contributed by atoms with Crippen LogP contribution < -0.4 is 10.6 Å². The molecule has 2 atom stereocenters. The third kappa shape index (κ3) is 2.08. The number of hydrogen-bond donors (Lipinski definition) is 1. The van der Waals surface area contributed by atoms with Crippen LogP contribution in [0.1, 0.15) is 13.3 Å². The normalized spacial score (nSPS) is 22.4. The van der Waals surface area contributed by atoms with Crippen LogP contribution >= 0.6 is 0 Å². The van der Waals surface area contributed by atoms with Crippen molar-refractivity contribution in [3.8, 4) is 0 Å². The molecule has 0 aliphatic carbocycles. The van der Waals surface area contributed by atoms with Crippen LogP contribution in [0.5, 0.6) is 0 Å². The molecule has 1 saturated heterocycles. The Balaban J connectivity index is 1.99. The predicted octanol–water partition coefficient (Wildman–Crippen LogP) is 2.07. The number of aromatic nitrogens is 1. The maximum absolute atomic E-state index is 10.8. The summed E-state index contributed by atoms with van der Waals surface area (Å²) in [4.78, 5) is 17.1. The highest BCUT2D eigenvalue weighted by Gasteiger charge is 2.28. The molecule has 0 spiro atoms. The van der Waals surface area contributed by atoms with Gasteiger partial charge < -0.3 is 10.6 Å². The van der Waals surface area contributed by atoms with Gasteiger partial charge in [-0.25, -0.2) is 4.98 Å². The lowest BCUT2D eigenvalue weighted by Crippen LogP contribution is -2.37. The average Bonchev–Trinajstić information content (AvgIpc) is 2.78. The number of benzene rings is 1. The molecule has 0 saturated carbocycles. The van der Waals surface area contributed by atoms with Crippen LogP contribution in [0.4, 0.5) is 11.5 Å². The van der Waals surface area contributed by atoms with Gasteiger partial charge in [-0.3, -0.25) is 10.1 Å². The van der Waals surface area contributed by atoms with Crippen molar-refractivity contribution in [3.05, 3.63) is 40.4 Å². The molecule has 6 heteroatoms. The van der Waals surface area contributed by atoms with Crippen LogP contribution in [0.25, 0.3) is 10.9 Å². The molecule has 1 aliphatic rings. The molecule has 6 nitrogen and oxygen atoms in total. The minimum atomic E-state index is -0.394. The van der Waals surface area contributed by atoms with Gasteiger partial charge in [0.15, 0.2) is 0 Å². The molecule has 2 heterocycles. The van der Waals surface area contributed by atoms with Crippen molar-refractivity contribution in [1.82, 2.24) is 4.98 Å². The van der Waals surface area contributed by atoms with E-state index in [1.165, 1.54) is 6.07 Å². The van der Waals surface area contributed by atoms with E-state index < -0.39 is 4.92 Å². The van der Waals surface area contributed by atoms with Crippen LogP contribution in [0.15, 0.2) is 30.3 Å². The molecule has 20 heavy (non-hydrogen) atoms. The summed E-state index contributed by atoms with van der Waals surface area (Å²) in [6.07, 6.45) is 0.959. The molecule has 1 aliphatic heterocycles. The second-order valence-electron chi connectivity index (χ2n) is 5.19. The highest BCUT2D eigenvalue weighted by Crippen LogP contribution is 2.26. The Hall–Kier alpha value is -2.21. The van der Waals surface area contributed by atoms with Gasteiger partial charge in [-0.2, -0.15) is 0 Å². The second-order valence-corrected chi connectivity index (χ2v) is 5.19. The van der Waals surface area contributed by atoms with E-state index in [-0.39, 0.29) is 17.8 Å². The molecule has 0 amide bonds. The van der Waals surface area contributed by atoms with Gasteiger partial charge in [0, 0.05) is 36.1 Å². The van der Waals surface area contributed by atoms with E-state index in [9.17, 15) is 10.1 Å². The van der Waals surface area contributed by atoms with Gasteiger partial charge >= 0.3 is 0 Å². The van der Waals surface area contributed by atoms with Crippen molar-refractivity contribution in [2.75, 3.05) is 11.4 Å². The maximum atomic E-state index is 10.8. The van der Waals surface area contributed by atoms with E-state index in [4.69, 9.17) is 5.73 Å². The largest absolute Gasteiger partial charge is 0.352 e. The maximum Gasteiger partial charge on any atom is 0.270 e. The van der Waals surface area contributed by atoms with Crippen molar-refractivity contribution >= 4 is 22.4 Å². The lowest BCUT2D eigenvalue weighted by atomic mass is 10.1. The molecule has 1 aromatic carbocycles. The van der Waals surface area contributed by atoms with Crippen LogP contribution in [-0.4, -0.2) is 28.5 Å². The van der Waals surface area contributed by atoms with Crippen molar-refractivity contribution < 1.29 is 4.92 Å². The number of hydrogen-bond acceptors (Lipinski definition) is 5. The summed E-state index contributed by atoms with van der Waals surface area (Å²) >= 11 is 0. The van der Waals surface area contributed by atoms with Crippen molar-refractivity contribution in [2.45, 2.75) is 25.4 Å². The highest BCUT2D eigenvalue weighted by atomic mass is 16.6. The monoisotopic (exact) mass is 272 g/mol. The Morgan fingerprint density at radius 2 is 2.20 bits per heavy atom. The van der Waals surface area contributed by atoms with Gasteiger partial charge in [0.05, 0.1) is 10.4 Å². The molecule has 0 radical (unpaired) electrons. The van der Waals surface area contributed by atoms with Gasteiger partial charge in [-0.15, -0.1) is 0 Å². The van der Waals surface area contributed by atoms with Gasteiger partial charge in [0.2, 0.25) is 0 Å². The number of rotatable bonds is 2. The van der Waals surface area contributed by atoms with Gasteiger partial charge in [-0.1, -0.05) is 0 Å². The topological polar surface area (TPSA) is 85.3 Å². The molecular weight excluding hydrogens is 256 g/mol. The number of non-ortho nitro benzene ring substituents is 1. The Labute approximate surface area is 116 Å². The van der Waals surface area contributed by atoms with Gasteiger partial charge in [0.1, 0.15) is 5.82 Å². The summed E-state index contributed by atoms with van der Waals surface area (Å²) in [6.45, 7) is 2.99. The SMILES string of the molecule is CC1C(N)CCN1c1ccc2cc([N+](=O)[O-])ccc2n1. The number of nitro groups is 1. The first-order valence-corrected chi connectivity index (χ1v) is 6.63. The lowest BCUT2D eigenvalue weighted by Gasteiger charge is -2.24. The number of nitrogens with zero attached hydrogens (tertiary/aromatic N) is 3. The predicted molar refractivity (Wildman–Crippen MR) is 77.8 cm³/mol. The number of nitro benzene ring substituents is 1. The van der Waals surface area contributed by atoms with E-state index in [1.54, 1.807) is 12.1 Å². The minimum absolute atomic E-state index is 0.0867. The van der Waals surface area contributed by atoms with E-state index in [0.717, 1.165) is 29.7 Å². The fourth-order valence-electron chi connectivity index (χ4n) is 2.66. The molecule has 2 N–H and O–H groups in total. The molecule has 104 valence electrons. The summed E-state index contributed by atoms with van der Waals surface area (Å²) in [6, 6.07) is 8.94. The number of anilines is 1. The van der Waals surface area contributed by atoms with Crippen LogP contribution in [0.2, 0.25) is 0 Å². The Bertz CT molecular complexity index is 673. The average molecular weight is 272 g/mol. The Kier molecular flexibility index (Phi) is 3.02. The molecule has 0 bridgehead atoms. The smallest absolute Gasteiger partial charge is 0.270 e. The molecule has 2 aromatic rings. The quantitative estimate of drug-likeness (QED) is 0.668. The standard InChI is InChI=1S/C14H16N4O2/c1-9-12(15)6-7-17(9)14-5-2-10-8-11(18(19)20)3-4-13(10)16-14/h2-5,8-9,12H,6-7,15H2,1H3. The zero-order valence-corrected chi connectivity index (χ0v) is 11.2. The number of pyridine rings is 1. The van der Waals surface area contributed by atoms with E-state index >= 15 is 0 Å². The zero-order chi connectivity index (χ0) is 14.3. The van der Waals surface area contributed by atoms with Crippen molar-refractivity contribution in [3.63, 3.8) is 0 Å². The zero-order valence-electron chi connectivity index (χ0n) is 11.2. The van der Waals surface area contributed by atoms with Crippen molar-refractivity contribution in [1.29, 1.82) is 0 Å². The summed E-state index contributed by atoms with van der Waals surface area (Å²) in [5.41, 5.74) is 6.88. The summed E-state index contributed by atoms with van der Waals surface area (Å²) in [5.74, 6) is 0.881. The fourth-order valence-corrected chi connectivity index (χ4v) is 2.66. The number of fused-ring (bicyclic) bond motifs is 1. The number of nitrogens with two attached hydrogens (primary N) is 1. The molecule has 3 rings (SSSR count). The summed E-state index contributed by atoms with van der Waals surface area (Å²) in [7, 11) is 0. The molecular formula is C14H16N4O2. The Morgan fingerprint density at radius 1 is 1.40 bits per heavy atom. The molecule has 1 fully saturated rings. The molecule has 1 aromatic heterocycles. The van der Waals surface area contributed by atoms with Crippen molar-refractivity contribution in [2.24, 2.45) is 5.73 Å². The highest BCUT2D eigenvalue weighted by molar-refractivity contribution is 5.82. The lowest BCUT2D eigenvalue weighted by molar-refractivity contribution is -0.384. The van der Waals surface area contributed by atoms with Crippen LogP contribution in [0, 0.1) is 10.1 Å². The van der Waals surface area contributed by atoms with E-state index in [0.29, 0.717) is 0 Å². The fraction of sp³-hybridized carbons (Fsp3) is 0.357. The third-order valence-electron chi connectivity index (χ3n) is 3.98. The first-order valence-electron chi connectivity index (χ1n) is 6.63. The first-order chi connectivity index (χ1) is 9.56. The van der Waals surface area contributed by atoms with Crippen LogP contribution in [0.3, 0.4) is 0 Å². The Morgan fingerprint density at radius 3 is 2.85 bits per heavy atom. The van der Waals surface area contributed by atoms with Gasteiger partial charge in [-0.05, 0) is 31.5 Å². The second kappa shape index (κ2) is 4.72. The summed E-state index contributed by atoms with van der Waals surface area (Å²) in [5, 5.41) is 11.5. The van der Waals surface area contributed by atoms with Gasteiger partial charge in [0.25, 0.3) is 5.69 Å². The summed E-state index contributed by atoms with van der Waals surface area (Å²) < 4.78 is 0. The van der Waals surface area contributed by atoms with Crippen LogP contribution in [-0.2, 0) is 0 Å².